The summed E-state index contributed by atoms with van der Waals surface area (Å²) in [6, 6.07) is 10.8. The molecule has 1 rings (SSSR count). The van der Waals surface area contributed by atoms with Gasteiger partial charge in [-0.15, -0.1) is 0 Å². The van der Waals surface area contributed by atoms with Gasteiger partial charge in [-0.05, 0) is 0 Å². The monoisotopic (exact) mass is 346 g/mol. The Bertz CT molecular complexity index is 272. The summed E-state index contributed by atoms with van der Waals surface area (Å²) in [5.74, 6) is 0. The second-order valence-corrected chi connectivity index (χ2v) is 2.97. The molecular formula is C7H19B4LiO12. The van der Waals surface area contributed by atoms with Gasteiger partial charge in [0.2, 0.25) is 0 Å². The molecule has 0 bridgehead atoms. The van der Waals surface area contributed by atoms with Gasteiger partial charge in [-0.2, -0.15) is 35.9 Å². The Hall–Kier alpha value is -0.403. The molecule has 0 unspecified atom stereocenters. The SMILES string of the molecule is Cc1c[c-]ccc1.OB(O)O.OB(O)O.OB(O)O.OB(O)O.[Li+]. The molecule has 1 aromatic rings. The van der Waals surface area contributed by atoms with Crippen LogP contribution in [0.2, 0.25) is 0 Å². The van der Waals surface area contributed by atoms with Crippen LogP contribution in [0.1, 0.15) is 5.56 Å². The summed E-state index contributed by atoms with van der Waals surface area (Å²) in [6.07, 6.45) is 0. The molecule has 132 valence electrons. The van der Waals surface area contributed by atoms with Crippen LogP contribution >= 0.6 is 0 Å². The van der Waals surface area contributed by atoms with Gasteiger partial charge in [0.25, 0.3) is 0 Å². The first kappa shape index (κ1) is 34.8. The van der Waals surface area contributed by atoms with Gasteiger partial charge in [0, 0.05) is 0 Å². The van der Waals surface area contributed by atoms with Crippen LogP contribution < -0.4 is 18.9 Å². The first-order valence-electron chi connectivity index (χ1n) is 5.42. The van der Waals surface area contributed by atoms with Crippen molar-refractivity contribution in [3.8, 4) is 0 Å². The van der Waals surface area contributed by atoms with Gasteiger partial charge in [0.1, 0.15) is 0 Å². The third-order valence-corrected chi connectivity index (χ3v) is 0.863. The summed E-state index contributed by atoms with van der Waals surface area (Å²) >= 11 is 0. The molecule has 0 radical (unpaired) electrons. The summed E-state index contributed by atoms with van der Waals surface area (Å²) in [4.78, 5) is 0. The van der Waals surface area contributed by atoms with Crippen LogP contribution in [-0.2, 0) is 0 Å². The van der Waals surface area contributed by atoms with Gasteiger partial charge in [-0.25, -0.2) is 0 Å². The molecule has 0 aromatic heterocycles. The van der Waals surface area contributed by atoms with E-state index in [9.17, 15) is 0 Å². The quantitative estimate of drug-likeness (QED) is 0.155. The van der Waals surface area contributed by atoms with Crippen molar-refractivity contribution in [3.63, 3.8) is 0 Å². The zero-order valence-electron chi connectivity index (χ0n) is 13.0. The summed E-state index contributed by atoms with van der Waals surface area (Å²) in [5.41, 5.74) is 1.27. The van der Waals surface area contributed by atoms with E-state index >= 15 is 0 Å². The molecular weight excluding hydrogens is 326 g/mol. The minimum Gasteiger partial charge on any atom is -0.402 e. The topological polar surface area (TPSA) is 243 Å². The van der Waals surface area contributed by atoms with Crippen molar-refractivity contribution in [1.29, 1.82) is 0 Å². The predicted octanol–water partition coefficient (Wildman–Crippen LogP) is -9.41. The Morgan fingerprint density at radius 2 is 0.917 bits per heavy atom. The van der Waals surface area contributed by atoms with Gasteiger partial charge in [-0.3, -0.25) is 0 Å². The number of hydrogen-bond acceptors (Lipinski definition) is 12. The van der Waals surface area contributed by atoms with E-state index in [1.807, 2.05) is 18.2 Å². The van der Waals surface area contributed by atoms with Gasteiger partial charge in [0.15, 0.2) is 0 Å². The largest absolute Gasteiger partial charge is 1.00 e. The van der Waals surface area contributed by atoms with E-state index in [0.29, 0.717) is 0 Å². The Labute approximate surface area is 151 Å². The molecule has 17 heteroatoms. The van der Waals surface area contributed by atoms with Crippen LogP contribution in [0.25, 0.3) is 0 Å². The fourth-order valence-electron chi connectivity index (χ4n) is 0.483. The van der Waals surface area contributed by atoms with E-state index in [1.165, 1.54) is 5.56 Å². The number of rotatable bonds is 0. The molecule has 12 nitrogen and oxygen atoms in total. The van der Waals surface area contributed by atoms with E-state index in [0.717, 1.165) is 0 Å². The molecule has 0 aliphatic heterocycles. The first-order chi connectivity index (χ1) is 10.3. The van der Waals surface area contributed by atoms with Crippen LogP contribution in [-0.4, -0.2) is 89.6 Å². The second-order valence-electron chi connectivity index (χ2n) is 2.97. The summed E-state index contributed by atoms with van der Waals surface area (Å²) in [5, 5.41) is 86.0. The molecule has 0 aliphatic rings. The van der Waals surface area contributed by atoms with E-state index in [4.69, 9.17) is 60.3 Å². The van der Waals surface area contributed by atoms with Gasteiger partial charge >= 0.3 is 48.1 Å². The normalized spacial score (nSPS) is 7.04. The molecule has 0 atom stereocenters. The smallest absolute Gasteiger partial charge is 0.402 e. The van der Waals surface area contributed by atoms with E-state index in [-0.39, 0.29) is 18.9 Å². The number of hydrogen-bond donors (Lipinski definition) is 12. The molecule has 12 N–H and O–H groups in total. The Kier molecular flexibility index (Phi) is 39.8. The maximum absolute atomic E-state index is 7.17. The maximum Gasteiger partial charge on any atom is 1.00 e. The van der Waals surface area contributed by atoms with Gasteiger partial charge in [-0.1, -0.05) is 6.92 Å². The molecule has 0 saturated carbocycles. The second kappa shape index (κ2) is 27.4. The van der Waals surface area contributed by atoms with E-state index < -0.39 is 29.3 Å². The third-order valence-electron chi connectivity index (χ3n) is 0.863. The summed E-state index contributed by atoms with van der Waals surface area (Å²) in [7, 11) is -8.67. The summed E-state index contributed by atoms with van der Waals surface area (Å²) in [6.45, 7) is 2.05. The van der Waals surface area contributed by atoms with Gasteiger partial charge < -0.3 is 60.3 Å². The standard InChI is InChI=1S/C7H7.4BH3O3.Li/c1-7-5-3-2-4-6-7;4*2-1(3)4;/h2-3,5-6H,1H3;4*2-4H;/q-1;;;;;+1. The van der Waals surface area contributed by atoms with Crippen molar-refractivity contribution in [1.82, 2.24) is 0 Å². The molecule has 0 spiro atoms. The third kappa shape index (κ3) is 159. The molecule has 1 aromatic carbocycles. The van der Waals surface area contributed by atoms with Crippen molar-refractivity contribution in [2.24, 2.45) is 0 Å². The Morgan fingerprint density at radius 3 is 1.00 bits per heavy atom. The van der Waals surface area contributed by atoms with Crippen LogP contribution in [0.4, 0.5) is 0 Å². The van der Waals surface area contributed by atoms with E-state index in [1.54, 1.807) is 0 Å². The van der Waals surface area contributed by atoms with Crippen molar-refractivity contribution in [2.45, 2.75) is 6.92 Å². The maximum atomic E-state index is 7.17. The van der Waals surface area contributed by atoms with Crippen molar-refractivity contribution < 1.29 is 79.1 Å². The predicted molar refractivity (Wildman–Crippen MR) is 79.7 cm³/mol. The minimum absolute atomic E-state index is 0. The van der Waals surface area contributed by atoms with Crippen molar-refractivity contribution in [3.05, 3.63) is 35.9 Å². The Balaban J connectivity index is -0.0000000641. The molecule has 0 saturated heterocycles. The number of benzene rings is 1. The fourth-order valence-corrected chi connectivity index (χ4v) is 0.483. The average molecular weight is 345 g/mol. The van der Waals surface area contributed by atoms with Crippen molar-refractivity contribution in [2.75, 3.05) is 0 Å². The van der Waals surface area contributed by atoms with E-state index in [2.05, 4.69) is 19.1 Å². The van der Waals surface area contributed by atoms with Crippen LogP contribution in [0, 0.1) is 13.0 Å². The Morgan fingerprint density at radius 1 is 0.667 bits per heavy atom. The fraction of sp³-hybridized carbons (Fsp3) is 0.143. The molecule has 0 aliphatic carbocycles. The average Bonchev–Trinajstić information content (AvgIpc) is 2.26. The molecule has 0 heterocycles. The van der Waals surface area contributed by atoms with Crippen LogP contribution in [0.5, 0.6) is 0 Å². The molecule has 24 heavy (non-hydrogen) atoms. The zero-order chi connectivity index (χ0) is 19.4. The minimum atomic E-state index is -2.17. The van der Waals surface area contributed by atoms with Crippen LogP contribution in [0.3, 0.4) is 0 Å². The zero-order valence-corrected chi connectivity index (χ0v) is 13.0. The van der Waals surface area contributed by atoms with Gasteiger partial charge in [0.05, 0.1) is 0 Å². The summed E-state index contributed by atoms with van der Waals surface area (Å²) < 4.78 is 0. The molecule has 0 amide bonds. The molecule has 0 fully saturated rings. The van der Waals surface area contributed by atoms with Crippen LogP contribution in [0.15, 0.2) is 24.3 Å². The number of aryl methyl sites for hydroxylation is 1. The first-order valence-corrected chi connectivity index (χ1v) is 5.42. The van der Waals surface area contributed by atoms with Crippen molar-refractivity contribution >= 4 is 29.3 Å².